The summed E-state index contributed by atoms with van der Waals surface area (Å²) < 4.78 is 353. The lowest BCUT2D eigenvalue weighted by Crippen LogP contribution is -2.75. The first-order valence-electron chi connectivity index (χ1n) is 21.4. The largest absolute Gasteiger partial charge is 0.416 e. The Balaban J connectivity index is 0.000000443. The van der Waals surface area contributed by atoms with Gasteiger partial charge in [0.15, 0.2) is 15.2 Å². The normalized spacial score (nSPS) is 13.9. The van der Waals surface area contributed by atoms with E-state index >= 15 is 0 Å². The average molecular weight is 1160 g/mol. The van der Waals surface area contributed by atoms with Gasteiger partial charge in [-0.3, -0.25) is 0 Å². The van der Waals surface area contributed by atoms with Gasteiger partial charge in [0.1, 0.15) is 18.2 Å². The van der Waals surface area contributed by atoms with Gasteiger partial charge in [-0.05, 0) is 54.5 Å². The molecule has 0 aliphatic heterocycles. The summed E-state index contributed by atoms with van der Waals surface area (Å²) in [4.78, 5) is 2.04. The van der Waals surface area contributed by atoms with E-state index < -0.39 is 205 Å². The van der Waals surface area contributed by atoms with E-state index in [0.29, 0.717) is 5.75 Å². The third-order valence-electron chi connectivity index (χ3n) is 11.5. The number of halogens is 24. The van der Waals surface area contributed by atoms with Crippen LogP contribution in [0.3, 0.4) is 0 Å². The molecule has 0 aromatic heterocycles. The molecule has 0 fully saturated rings. The van der Waals surface area contributed by atoms with Crippen molar-refractivity contribution in [3.63, 3.8) is 0 Å². The summed E-state index contributed by atoms with van der Waals surface area (Å²) in [6.45, 7) is 0. The number of hydrogen-bond acceptors (Lipinski definition) is 2. The molecular weight excluding hydrogens is 1130 g/mol. The molecule has 1 atom stereocenters. The second kappa shape index (κ2) is 21.5. The van der Waals surface area contributed by atoms with Crippen molar-refractivity contribution in [3.05, 3.63) is 183 Å². The van der Waals surface area contributed by atoms with Gasteiger partial charge in [0.2, 0.25) is 0 Å². The number of nitrogens with zero attached hydrogens (tertiary/aromatic N) is 1. The molecule has 28 heteroatoms. The average Bonchev–Trinajstić information content (AvgIpc) is 3.29. The first-order chi connectivity index (χ1) is 35.2. The molecule has 0 aliphatic rings. The van der Waals surface area contributed by atoms with E-state index in [0.717, 1.165) is 16.8 Å². The zero-order valence-corrected chi connectivity index (χ0v) is 40.1. The van der Waals surface area contributed by atoms with Gasteiger partial charge in [0.05, 0.1) is 44.5 Å². The number of rotatable bonds is 7. The van der Waals surface area contributed by atoms with E-state index in [-0.39, 0.29) is 0 Å². The summed E-state index contributed by atoms with van der Waals surface area (Å²) >= 11 is 0. The van der Waals surface area contributed by atoms with Crippen molar-refractivity contribution < 1.29 is 110 Å². The zero-order valence-electron chi connectivity index (χ0n) is 39.2. The first-order valence-corrected chi connectivity index (χ1v) is 23.5. The maximum atomic E-state index is 14.2. The molecule has 0 spiro atoms. The maximum Gasteiger partial charge on any atom is 0.416 e. The lowest BCUT2D eigenvalue weighted by atomic mass is 9.12. The van der Waals surface area contributed by atoms with Crippen LogP contribution in [0.5, 0.6) is 0 Å². The van der Waals surface area contributed by atoms with Crippen LogP contribution in [0.25, 0.3) is 0 Å². The van der Waals surface area contributed by atoms with Crippen LogP contribution in [0.15, 0.2) is 127 Å². The van der Waals surface area contributed by atoms with Crippen molar-refractivity contribution >= 4 is 43.6 Å². The molecule has 0 radical (unpaired) electrons. The van der Waals surface area contributed by atoms with Crippen molar-refractivity contribution in [2.24, 2.45) is 0 Å². The molecule has 0 N–H and O–H groups in total. The minimum absolute atomic E-state index is 0.487. The molecule has 6 aromatic carbocycles. The Labute approximate surface area is 427 Å². The van der Waals surface area contributed by atoms with Crippen molar-refractivity contribution in [2.45, 2.75) is 55.2 Å². The summed E-state index contributed by atoms with van der Waals surface area (Å²) in [5.41, 5.74) is -27.1. The monoisotopic (exact) mass is 1160 g/mol. The second-order valence-electron chi connectivity index (χ2n) is 17.5. The van der Waals surface area contributed by atoms with Crippen LogP contribution in [0.2, 0.25) is 0 Å². The lowest BCUT2D eigenvalue weighted by Gasteiger charge is -2.46. The fourth-order valence-corrected chi connectivity index (χ4v) is 9.24. The Morgan fingerprint density at radius 1 is 0.385 bits per heavy atom. The third kappa shape index (κ3) is 15.1. The van der Waals surface area contributed by atoms with Crippen molar-refractivity contribution in [1.29, 1.82) is 0 Å². The van der Waals surface area contributed by atoms with Crippen molar-refractivity contribution in [3.8, 4) is 11.2 Å². The van der Waals surface area contributed by atoms with Crippen LogP contribution < -0.4 is 26.8 Å². The quantitative estimate of drug-likeness (QED) is 0.0687. The highest BCUT2D eigenvalue weighted by molar-refractivity contribution is 8.05. The molecule has 0 heterocycles. The lowest BCUT2D eigenvalue weighted by molar-refractivity contribution is -0.144. The smallest absolute Gasteiger partial charge is 0.378 e. The minimum atomic E-state index is -6.13. The van der Waals surface area contributed by atoms with Crippen LogP contribution in [0.1, 0.15) is 55.6 Å². The topological polar surface area (TPSA) is 20.3 Å². The van der Waals surface area contributed by atoms with Gasteiger partial charge in [-0.15, -0.1) is 0 Å². The highest BCUT2D eigenvalue weighted by atomic mass is 32.2. The van der Waals surface area contributed by atoms with E-state index in [1.807, 2.05) is 73.6 Å². The van der Waals surface area contributed by atoms with E-state index in [1.165, 1.54) is 0 Å². The van der Waals surface area contributed by atoms with Crippen LogP contribution >= 0.6 is 0 Å². The van der Waals surface area contributed by atoms with Gasteiger partial charge in [-0.25, -0.2) is 0 Å². The SMILES string of the molecule is CN(C)c1ccc(C[S+](C)(=O)C#Cc2ccccc2)cc1.FC(F)(F)c1cc([B-](c2cc(C(F)(F)F)cc(C(F)(F)F)c2)(c2cc(C(F)(F)F)cc(C(F)(F)F)c2)c2cc(C(F)(F)F)cc(C(F)(F)F)c2)cc(C(F)(F)F)c1. The Hall–Kier alpha value is -6.79. The molecule has 6 rings (SSSR count). The molecular formula is C50H32BF24NOS. The van der Waals surface area contributed by atoms with Crippen LogP contribution in [-0.4, -0.2) is 26.5 Å². The maximum absolute atomic E-state index is 14.2. The number of anilines is 1. The highest BCUT2D eigenvalue weighted by Crippen LogP contribution is 2.41. The molecule has 0 amide bonds. The van der Waals surface area contributed by atoms with Crippen molar-refractivity contribution in [1.82, 2.24) is 0 Å². The van der Waals surface area contributed by atoms with E-state index in [1.54, 1.807) is 6.26 Å². The van der Waals surface area contributed by atoms with Gasteiger partial charge < -0.3 is 4.90 Å². The second-order valence-corrected chi connectivity index (χ2v) is 20.0. The molecule has 0 saturated carbocycles. The molecule has 6 aromatic rings. The molecule has 1 unspecified atom stereocenters. The van der Waals surface area contributed by atoms with Crippen LogP contribution in [0, 0.1) is 11.2 Å². The summed E-state index contributed by atoms with van der Waals surface area (Å²) in [6.07, 6.45) is -53.1. The van der Waals surface area contributed by atoms with Gasteiger partial charge in [-0.1, -0.05) is 83.1 Å². The minimum Gasteiger partial charge on any atom is -0.378 e. The Bertz CT molecular complexity index is 2790. The fourth-order valence-electron chi connectivity index (χ4n) is 8.00. The number of hydrogen-bond donors (Lipinski definition) is 0. The summed E-state index contributed by atoms with van der Waals surface area (Å²) in [6, 6.07) is 8.96. The summed E-state index contributed by atoms with van der Waals surface area (Å²) in [5, 5.41) is 2.93. The third-order valence-corrected chi connectivity index (χ3v) is 12.9. The summed E-state index contributed by atoms with van der Waals surface area (Å²) in [7, 11) is 1.82. The molecule has 0 bridgehead atoms. The molecule has 420 valence electrons. The molecule has 0 aliphatic carbocycles. The molecule has 78 heavy (non-hydrogen) atoms. The Morgan fingerprint density at radius 2 is 0.628 bits per heavy atom. The predicted molar refractivity (Wildman–Crippen MR) is 242 cm³/mol. The standard InChI is InChI=1S/C32H12BF24.C18H20NOS/c34-25(35,36)13-1-14(26(37,38)39)6-21(5-13)33(22-7-15(27(40,41)42)2-16(8-22)28(43,44)45,23-9-17(29(46,47)48)3-18(10-23)30(49,50)51)24-11-19(31(52,53)54)4-20(12-24)32(55,56)57;1-19(2)18-11-9-17(10-12-18)15-21(3,20)14-13-16-7-5-4-6-8-16/h1-12H;4-12H,15H2,1-3H3/q-1;+1. The van der Waals surface area contributed by atoms with Crippen LogP contribution in [-0.2, 0) is 69.3 Å². The Kier molecular flexibility index (Phi) is 17.1. The fraction of sp³-hybridized carbons (Fsp3) is 0.240. The van der Waals surface area contributed by atoms with Gasteiger partial charge >= 0.3 is 49.4 Å². The molecule has 2 nitrogen and oxygen atoms in total. The highest BCUT2D eigenvalue weighted by Gasteiger charge is 2.47. The number of benzene rings is 6. The Morgan fingerprint density at radius 3 is 0.846 bits per heavy atom. The summed E-state index contributed by atoms with van der Waals surface area (Å²) in [5.74, 6) is 3.49. The van der Waals surface area contributed by atoms with E-state index in [2.05, 4.69) is 11.2 Å². The number of alkyl halides is 24. The predicted octanol–water partition coefficient (Wildman–Crippen LogP) is 14.6. The zero-order chi connectivity index (χ0) is 59.2. The van der Waals surface area contributed by atoms with Crippen molar-refractivity contribution in [2.75, 3.05) is 25.3 Å². The van der Waals surface area contributed by atoms with Crippen LogP contribution in [0.4, 0.5) is 111 Å². The molecule has 0 saturated heterocycles. The van der Waals surface area contributed by atoms with Gasteiger partial charge in [0.25, 0.3) is 0 Å². The first kappa shape index (κ1) is 62.1. The van der Waals surface area contributed by atoms with E-state index in [4.69, 9.17) is 0 Å². The van der Waals surface area contributed by atoms with E-state index in [9.17, 15) is 110 Å². The van der Waals surface area contributed by atoms with Gasteiger partial charge in [0, 0.05) is 30.9 Å². The van der Waals surface area contributed by atoms with Gasteiger partial charge in [-0.2, -0.15) is 127 Å².